The molecule has 0 aliphatic heterocycles. The van der Waals surface area contributed by atoms with Crippen molar-refractivity contribution < 1.29 is 19.0 Å². The molecule has 0 N–H and O–H groups in total. The number of benzene rings is 1. The van der Waals surface area contributed by atoms with E-state index in [0.29, 0.717) is 21.5 Å². The molecule has 1 rings (SSSR count). The predicted octanol–water partition coefficient (Wildman–Crippen LogP) is 2.56. The SMILES string of the molecule is COC(=O)c1cc(OC)c(C)c(OC)c1Br. The van der Waals surface area contributed by atoms with Gasteiger partial charge in [0.15, 0.2) is 0 Å². The molecule has 0 bridgehead atoms. The van der Waals surface area contributed by atoms with Gasteiger partial charge in [-0.05, 0) is 28.9 Å². The van der Waals surface area contributed by atoms with Crippen molar-refractivity contribution in [2.45, 2.75) is 6.92 Å². The van der Waals surface area contributed by atoms with Gasteiger partial charge in [0, 0.05) is 5.56 Å². The molecule has 0 unspecified atom stereocenters. The number of hydrogen-bond acceptors (Lipinski definition) is 4. The third-order valence-electron chi connectivity index (χ3n) is 2.25. The summed E-state index contributed by atoms with van der Waals surface area (Å²) >= 11 is 3.32. The predicted molar refractivity (Wildman–Crippen MR) is 63.3 cm³/mol. The average Bonchev–Trinajstić information content (AvgIpc) is 2.29. The maximum absolute atomic E-state index is 11.5. The Morgan fingerprint density at radius 3 is 2.31 bits per heavy atom. The van der Waals surface area contributed by atoms with E-state index in [4.69, 9.17) is 9.47 Å². The van der Waals surface area contributed by atoms with Crippen LogP contribution in [-0.4, -0.2) is 27.3 Å². The molecule has 0 aromatic heterocycles. The summed E-state index contributed by atoms with van der Waals surface area (Å²) in [6.07, 6.45) is 0. The van der Waals surface area contributed by atoms with Crippen molar-refractivity contribution in [3.63, 3.8) is 0 Å². The van der Waals surface area contributed by atoms with E-state index in [1.54, 1.807) is 6.07 Å². The Morgan fingerprint density at radius 2 is 1.88 bits per heavy atom. The van der Waals surface area contributed by atoms with Crippen LogP contribution in [0.4, 0.5) is 0 Å². The monoisotopic (exact) mass is 288 g/mol. The van der Waals surface area contributed by atoms with Crippen molar-refractivity contribution in [1.82, 2.24) is 0 Å². The van der Waals surface area contributed by atoms with Crippen LogP contribution >= 0.6 is 15.9 Å². The van der Waals surface area contributed by atoms with Crippen LogP contribution in [0.5, 0.6) is 11.5 Å². The maximum atomic E-state index is 11.5. The Labute approximate surface area is 103 Å². The van der Waals surface area contributed by atoms with Crippen molar-refractivity contribution in [2.24, 2.45) is 0 Å². The fourth-order valence-electron chi connectivity index (χ4n) is 1.41. The van der Waals surface area contributed by atoms with E-state index in [2.05, 4.69) is 20.7 Å². The first-order valence-electron chi connectivity index (χ1n) is 4.56. The zero-order chi connectivity index (χ0) is 12.3. The molecule has 0 heterocycles. The smallest absolute Gasteiger partial charge is 0.339 e. The summed E-state index contributed by atoms with van der Waals surface area (Å²) in [5, 5.41) is 0. The summed E-state index contributed by atoms with van der Waals surface area (Å²) in [7, 11) is 4.40. The molecule has 0 atom stereocenters. The molecule has 0 fully saturated rings. The molecule has 0 spiro atoms. The highest BCUT2D eigenvalue weighted by molar-refractivity contribution is 9.10. The molecule has 1 aromatic rings. The molecule has 0 amide bonds. The van der Waals surface area contributed by atoms with Gasteiger partial charge in [-0.25, -0.2) is 4.79 Å². The van der Waals surface area contributed by atoms with Crippen LogP contribution in [0.25, 0.3) is 0 Å². The van der Waals surface area contributed by atoms with Gasteiger partial charge in [0.05, 0.1) is 31.4 Å². The summed E-state index contributed by atoms with van der Waals surface area (Å²) in [5.74, 6) is 0.712. The second kappa shape index (κ2) is 5.21. The molecule has 5 heteroatoms. The lowest BCUT2D eigenvalue weighted by atomic mass is 10.1. The molecule has 0 radical (unpaired) electrons. The van der Waals surface area contributed by atoms with Crippen LogP contribution in [0.2, 0.25) is 0 Å². The number of methoxy groups -OCH3 is 3. The van der Waals surface area contributed by atoms with Crippen LogP contribution in [0.15, 0.2) is 10.5 Å². The van der Waals surface area contributed by atoms with Crippen molar-refractivity contribution in [1.29, 1.82) is 0 Å². The molecular weight excluding hydrogens is 276 g/mol. The van der Waals surface area contributed by atoms with Gasteiger partial charge in [0.25, 0.3) is 0 Å². The quantitative estimate of drug-likeness (QED) is 0.802. The summed E-state index contributed by atoms with van der Waals surface area (Å²) in [6, 6.07) is 1.62. The van der Waals surface area contributed by atoms with E-state index in [9.17, 15) is 4.79 Å². The number of rotatable bonds is 3. The van der Waals surface area contributed by atoms with Crippen LogP contribution in [-0.2, 0) is 4.74 Å². The van der Waals surface area contributed by atoms with Crippen molar-refractivity contribution >= 4 is 21.9 Å². The summed E-state index contributed by atoms with van der Waals surface area (Å²) < 4.78 is 15.6. The van der Waals surface area contributed by atoms with Gasteiger partial charge in [-0.15, -0.1) is 0 Å². The Kier molecular flexibility index (Phi) is 4.18. The Hall–Kier alpha value is -1.23. The van der Waals surface area contributed by atoms with Crippen molar-refractivity contribution in [2.75, 3.05) is 21.3 Å². The summed E-state index contributed by atoms with van der Waals surface area (Å²) in [5.41, 5.74) is 1.20. The van der Waals surface area contributed by atoms with E-state index < -0.39 is 5.97 Å². The van der Waals surface area contributed by atoms with Gasteiger partial charge in [0.1, 0.15) is 11.5 Å². The number of ether oxygens (including phenoxy) is 3. The van der Waals surface area contributed by atoms with Crippen molar-refractivity contribution in [3.05, 3.63) is 21.7 Å². The molecule has 0 saturated carbocycles. The number of carbonyl (C=O) groups excluding carboxylic acids is 1. The zero-order valence-electron chi connectivity index (χ0n) is 9.59. The van der Waals surface area contributed by atoms with Gasteiger partial charge in [-0.2, -0.15) is 0 Å². The minimum Gasteiger partial charge on any atom is -0.496 e. The maximum Gasteiger partial charge on any atom is 0.339 e. The molecular formula is C11H13BrO4. The fourth-order valence-corrected chi connectivity index (χ4v) is 2.15. The first kappa shape index (κ1) is 12.8. The Bertz CT molecular complexity index is 415. The lowest BCUT2D eigenvalue weighted by Gasteiger charge is -2.14. The van der Waals surface area contributed by atoms with E-state index in [0.717, 1.165) is 5.56 Å². The largest absolute Gasteiger partial charge is 0.496 e. The third-order valence-corrected chi connectivity index (χ3v) is 3.04. The standard InChI is InChI=1S/C11H13BrO4/c1-6-8(14-2)5-7(11(13)16-4)9(12)10(6)15-3/h5H,1-4H3. The molecule has 4 nitrogen and oxygen atoms in total. The Morgan fingerprint density at radius 1 is 1.25 bits per heavy atom. The van der Waals surface area contributed by atoms with E-state index >= 15 is 0 Å². The highest BCUT2D eigenvalue weighted by Gasteiger charge is 2.19. The normalized spacial score (nSPS) is 9.81. The minimum atomic E-state index is -0.441. The van der Waals surface area contributed by atoms with Crippen LogP contribution < -0.4 is 9.47 Å². The zero-order valence-corrected chi connectivity index (χ0v) is 11.2. The minimum absolute atomic E-state index is 0.377. The first-order chi connectivity index (χ1) is 7.56. The van der Waals surface area contributed by atoms with Gasteiger partial charge in [-0.1, -0.05) is 0 Å². The second-order valence-corrected chi connectivity index (χ2v) is 3.88. The number of hydrogen-bond donors (Lipinski definition) is 0. The lowest BCUT2D eigenvalue weighted by molar-refractivity contribution is 0.0598. The summed E-state index contributed by atoms with van der Waals surface area (Å²) in [4.78, 5) is 11.5. The summed E-state index contributed by atoms with van der Waals surface area (Å²) in [6.45, 7) is 1.85. The highest BCUT2D eigenvalue weighted by atomic mass is 79.9. The second-order valence-electron chi connectivity index (χ2n) is 3.09. The number of carbonyl (C=O) groups is 1. The van der Waals surface area contributed by atoms with Crippen LogP contribution in [0, 0.1) is 6.92 Å². The third kappa shape index (κ3) is 2.14. The first-order valence-corrected chi connectivity index (χ1v) is 5.35. The van der Waals surface area contributed by atoms with Gasteiger partial charge < -0.3 is 14.2 Å². The van der Waals surface area contributed by atoms with Crippen LogP contribution in [0.1, 0.15) is 15.9 Å². The van der Waals surface area contributed by atoms with Crippen molar-refractivity contribution in [3.8, 4) is 11.5 Å². The number of halogens is 1. The van der Waals surface area contributed by atoms with E-state index in [-0.39, 0.29) is 0 Å². The molecule has 0 saturated heterocycles. The van der Waals surface area contributed by atoms with Gasteiger partial charge in [0.2, 0.25) is 0 Å². The van der Waals surface area contributed by atoms with E-state index in [1.165, 1.54) is 21.3 Å². The topological polar surface area (TPSA) is 44.8 Å². The Balaban J connectivity index is 3.46. The fraction of sp³-hybridized carbons (Fsp3) is 0.364. The molecule has 0 aliphatic rings. The molecule has 16 heavy (non-hydrogen) atoms. The highest BCUT2D eigenvalue weighted by Crippen LogP contribution is 2.38. The molecule has 88 valence electrons. The van der Waals surface area contributed by atoms with Crippen LogP contribution in [0.3, 0.4) is 0 Å². The van der Waals surface area contributed by atoms with Gasteiger partial charge >= 0.3 is 5.97 Å². The lowest BCUT2D eigenvalue weighted by Crippen LogP contribution is -2.05. The molecule has 0 aliphatic carbocycles. The number of esters is 1. The van der Waals surface area contributed by atoms with Gasteiger partial charge in [-0.3, -0.25) is 0 Å². The molecule has 1 aromatic carbocycles. The van der Waals surface area contributed by atoms with E-state index in [1.807, 2.05) is 6.92 Å². The average molecular weight is 289 g/mol.